The van der Waals surface area contributed by atoms with Gasteiger partial charge in [0.25, 0.3) is 5.91 Å². The number of hydrazone groups is 1. The zero-order valence-corrected chi connectivity index (χ0v) is 12.6. The third kappa shape index (κ3) is 2.95. The van der Waals surface area contributed by atoms with Gasteiger partial charge in [-0.1, -0.05) is 23.2 Å². The van der Waals surface area contributed by atoms with Crippen LogP contribution >= 0.6 is 35.4 Å². The maximum atomic E-state index is 12.0. The highest BCUT2D eigenvalue weighted by atomic mass is 35.5. The molecule has 2 N–H and O–H groups in total. The number of carbonyl (C=O) groups excluding carboxylic acids is 1. The van der Waals surface area contributed by atoms with Gasteiger partial charge in [0.15, 0.2) is 11.2 Å². The molecule has 1 aromatic rings. The summed E-state index contributed by atoms with van der Waals surface area (Å²) < 4.78 is 0. The van der Waals surface area contributed by atoms with E-state index >= 15 is 0 Å². The molecule has 1 atom stereocenters. The summed E-state index contributed by atoms with van der Waals surface area (Å²) in [4.78, 5) is 12.0. The van der Waals surface area contributed by atoms with E-state index in [-0.39, 0.29) is 5.11 Å². The predicted molar refractivity (Wildman–Crippen MR) is 81.5 cm³/mol. The normalized spacial score (nSPS) is 18.8. The van der Waals surface area contributed by atoms with Crippen LogP contribution in [0.3, 0.4) is 0 Å². The quantitative estimate of drug-likeness (QED) is 0.668. The number of hydrogen-bond acceptors (Lipinski definition) is 5. The van der Waals surface area contributed by atoms with Crippen molar-refractivity contribution in [3.63, 3.8) is 0 Å². The van der Waals surface area contributed by atoms with Gasteiger partial charge >= 0.3 is 0 Å². The van der Waals surface area contributed by atoms with Gasteiger partial charge in [0.1, 0.15) is 5.69 Å². The second-order valence-corrected chi connectivity index (χ2v) is 5.21. The molecule has 6 nitrogen and oxygen atoms in total. The number of benzene rings is 1. The Labute approximate surface area is 130 Å². The van der Waals surface area contributed by atoms with Crippen LogP contribution in [0.25, 0.3) is 0 Å². The summed E-state index contributed by atoms with van der Waals surface area (Å²) in [6.45, 7) is 1.64. The van der Waals surface area contributed by atoms with E-state index in [1.165, 1.54) is 6.07 Å². The van der Waals surface area contributed by atoms with Crippen LogP contribution in [0.1, 0.15) is 6.92 Å². The van der Waals surface area contributed by atoms with Crippen LogP contribution in [-0.4, -0.2) is 27.8 Å². The monoisotopic (exact) mass is 329 g/mol. The standard InChI is InChI=1S/C11H9Cl2N5OS/c1-5-9(10(19)18(17-5)11(14)20)16-15-8-3-2-6(12)4-7(8)13/h2-4,9H,1H3,(H2,14,20)/t9-/m0/s1. The minimum atomic E-state index is -0.844. The van der Waals surface area contributed by atoms with E-state index in [1.807, 2.05) is 0 Å². The Morgan fingerprint density at radius 3 is 2.75 bits per heavy atom. The highest BCUT2D eigenvalue weighted by Gasteiger charge is 2.35. The molecule has 0 saturated heterocycles. The van der Waals surface area contributed by atoms with Crippen LogP contribution in [0, 0.1) is 0 Å². The second kappa shape index (κ2) is 5.82. The van der Waals surface area contributed by atoms with Crippen molar-refractivity contribution < 1.29 is 4.79 Å². The van der Waals surface area contributed by atoms with E-state index in [2.05, 4.69) is 15.3 Å². The lowest BCUT2D eigenvalue weighted by Crippen LogP contribution is -2.37. The highest BCUT2D eigenvalue weighted by Crippen LogP contribution is 2.28. The molecule has 1 aliphatic heterocycles. The van der Waals surface area contributed by atoms with Crippen molar-refractivity contribution in [3.05, 3.63) is 28.2 Å². The fourth-order valence-electron chi connectivity index (χ4n) is 1.53. The number of amides is 1. The first-order chi connectivity index (χ1) is 9.40. The molecule has 0 unspecified atom stereocenters. The summed E-state index contributed by atoms with van der Waals surface area (Å²) in [6.07, 6.45) is 0. The van der Waals surface area contributed by atoms with E-state index in [9.17, 15) is 4.79 Å². The summed E-state index contributed by atoms with van der Waals surface area (Å²) >= 11 is 16.5. The van der Waals surface area contributed by atoms with Gasteiger partial charge in [-0.05, 0) is 37.3 Å². The Balaban J connectivity index is 2.22. The van der Waals surface area contributed by atoms with Gasteiger partial charge in [-0.25, -0.2) is 0 Å². The molecule has 0 aromatic heterocycles. The van der Waals surface area contributed by atoms with Crippen LogP contribution in [-0.2, 0) is 4.79 Å². The lowest BCUT2D eigenvalue weighted by Gasteiger charge is -2.08. The smallest absolute Gasteiger partial charge is 0.282 e. The molecule has 1 aliphatic rings. The summed E-state index contributed by atoms with van der Waals surface area (Å²) in [7, 11) is 0. The minimum Gasteiger partial charge on any atom is -0.374 e. The third-order valence-corrected chi connectivity index (χ3v) is 3.21. The van der Waals surface area contributed by atoms with Gasteiger partial charge in [-0.15, -0.1) is 0 Å². The molecule has 0 fully saturated rings. The molecule has 0 bridgehead atoms. The average molecular weight is 330 g/mol. The predicted octanol–water partition coefficient (Wildman–Crippen LogP) is 2.91. The Bertz CT molecular complexity index is 646. The van der Waals surface area contributed by atoms with E-state index in [0.29, 0.717) is 21.4 Å². The number of nitrogens with zero attached hydrogens (tertiary/aromatic N) is 4. The van der Waals surface area contributed by atoms with Crippen molar-refractivity contribution in [2.24, 2.45) is 21.1 Å². The Kier molecular flexibility index (Phi) is 4.32. The number of azo groups is 1. The lowest BCUT2D eigenvalue weighted by molar-refractivity contribution is -0.126. The van der Waals surface area contributed by atoms with E-state index < -0.39 is 11.9 Å². The molecule has 2 rings (SSSR count). The highest BCUT2D eigenvalue weighted by molar-refractivity contribution is 7.80. The van der Waals surface area contributed by atoms with E-state index in [4.69, 9.17) is 41.2 Å². The first-order valence-corrected chi connectivity index (χ1v) is 6.61. The second-order valence-electron chi connectivity index (χ2n) is 3.94. The first-order valence-electron chi connectivity index (χ1n) is 5.44. The molecule has 1 amide bonds. The summed E-state index contributed by atoms with van der Waals surface area (Å²) in [5.74, 6) is -0.441. The molecule has 0 spiro atoms. The molecule has 1 heterocycles. The number of nitrogens with two attached hydrogens (primary N) is 1. The molecule has 104 valence electrons. The number of thiocarbonyl (C=S) groups is 1. The number of rotatable bonds is 2. The van der Waals surface area contributed by atoms with Gasteiger partial charge in [0.2, 0.25) is 0 Å². The molecular formula is C11H9Cl2N5OS. The molecule has 20 heavy (non-hydrogen) atoms. The van der Waals surface area contributed by atoms with Crippen molar-refractivity contribution in [3.8, 4) is 0 Å². The zero-order valence-electron chi connectivity index (χ0n) is 10.2. The molecule has 0 radical (unpaired) electrons. The van der Waals surface area contributed by atoms with Gasteiger partial charge in [-0.2, -0.15) is 20.3 Å². The van der Waals surface area contributed by atoms with Gasteiger partial charge in [0, 0.05) is 5.02 Å². The fraction of sp³-hybridized carbons (Fsp3) is 0.182. The van der Waals surface area contributed by atoms with Crippen molar-refractivity contribution in [2.45, 2.75) is 13.0 Å². The Morgan fingerprint density at radius 2 is 2.20 bits per heavy atom. The SMILES string of the molecule is CC1=NN(C(N)=S)C(=O)[C@H]1N=Nc1ccc(Cl)cc1Cl. The molecular weight excluding hydrogens is 321 g/mol. The number of halogens is 2. The molecule has 0 saturated carbocycles. The number of carbonyl (C=O) groups is 1. The average Bonchev–Trinajstić information content (AvgIpc) is 2.65. The largest absolute Gasteiger partial charge is 0.374 e. The zero-order chi connectivity index (χ0) is 14.9. The van der Waals surface area contributed by atoms with E-state index in [1.54, 1.807) is 19.1 Å². The number of hydrogen-bond donors (Lipinski definition) is 1. The van der Waals surface area contributed by atoms with E-state index in [0.717, 1.165) is 5.01 Å². The van der Waals surface area contributed by atoms with Gasteiger partial charge in [0.05, 0.1) is 10.7 Å². The van der Waals surface area contributed by atoms with Crippen molar-refractivity contribution in [1.29, 1.82) is 0 Å². The maximum Gasteiger partial charge on any atom is 0.282 e. The third-order valence-electron chi connectivity index (χ3n) is 2.50. The lowest BCUT2D eigenvalue weighted by atomic mass is 10.2. The van der Waals surface area contributed by atoms with Gasteiger partial charge in [-0.3, -0.25) is 4.79 Å². The minimum absolute atomic E-state index is 0.128. The van der Waals surface area contributed by atoms with Crippen LogP contribution in [0.5, 0.6) is 0 Å². The maximum absolute atomic E-state index is 12.0. The van der Waals surface area contributed by atoms with Crippen molar-refractivity contribution in [1.82, 2.24) is 5.01 Å². The van der Waals surface area contributed by atoms with Crippen LogP contribution in [0.15, 0.2) is 33.5 Å². The van der Waals surface area contributed by atoms with Gasteiger partial charge < -0.3 is 5.73 Å². The molecule has 9 heteroatoms. The summed E-state index contributed by atoms with van der Waals surface area (Å²) in [6, 6.07) is 3.92. The van der Waals surface area contributed by atoms with Crippen LogP contribution in [0.4, 0.5) is 5.69 Å². The fourth-order valence-corrected chi connectivity index (χ4v) is 2.11. The Morgan fingerprint density at radius 1 is 1.50 bits per heavy atom. The van der Waals surface area contributed by atoms with Crippen molar-refractivity contribution in [2.75, 3.05) is 0 Å². The van der Waals surface area contributed by atoms with Crippen molar-refractivity contribution >= 4 is 57.8 Å². The topological polar surface area (TPSA) is 83.4 Å². The molecule has 0 aliphatic carbocycles. The van der Waals surface area contributed by atoms with Crippen LogP contribution < -0.4 is 5.73 Å². The molecule has 1 aromatic carbocycles. The summed E-state index contributed by atoms with van der Waals surface area (Å²) in [5, 5.41) is 13.4. The summed E-state index contributed by atoms with van der Waals surface area (Å²) in [5.41, 5.74) is 6.25. The van der Waals surface area contributed by atoms with Crippen LogP contribution in [0.2, 0.25) is 10.0 Å². The first kappa shape index (κ1) is 14.8. The Hall–Kier alpha value is -1.57.